The Morgan fingerprint density at radius 3 is 2.58 bits per heavy atom. The first-order valence-corrected chi connectivity index (χ1v) is 4.70. The average Bonchev–Trinajstić information content (AvgIpc) is 2.37. The number of hydrogen-bond donors (Lipinski definition) is 0. The van der Waals surface area contributed by atoms with Gasteiger partial charge in [0.05, 0.1) is 0 Å². The highest BCUT2D eigenvalue weighted by atomic mass is 15.2. The van der Waals surface area contributed by atoms with Gasteiger partial charge >= 0.3 is 0 Å². The van der Waals surface area contributed by atoms with Gasteiger partial charge < -0.3 is 0 Å². The third-order valence-electron chi connectivity index (χ3n) is 2.83. The number of rotatable bonds is 0. The Balaban J connectivity index is 2.09. The molecule has 1 nitrogen and oxygen atoms in total. The summed E-state index contributed by atoms with van der Waals surface area (Å²) in [7, 11) is 0. The van der Waals surface area contributed by atoms with Gasteiger partial charge in [-0.2, -0.15) is 0 Å². The van der Waals surface area contributed by atoms with Crippen molar-refractivity contribution < 1.29 is 0 Å². The van der Waals surface area contributed by atoms with E-state index in [9.17, 15) is 0 Å². The molecule has 0 saturated carbocycles. The van der Waals surface area contributed by atoms with Crippen LogP contribution in [0.25, 0.3) is 0 Å². The van der Waals surface area contributed by atoms with Gasteiger partial charge in [-0.1, -0.05) is 12.2 Å². The summed E-state index contributed by atoms with van der Waals surface area (Å²) < 4.78 is 0. The Morgan fingerprint density at radius 1 is 1.25 bits per heavy atom. The third kappa shape index (κ3) is 1.22. The summed E-state index contributed by atoms with van der Waals surface area (Å²) in [6.45, 7) is 9.22. The quantitative estimate of drug-likeness (QED) is 0.530. The Hall–Kier alpha value is -0.560. The normalized spacial score (nSPS) is 23.9. The van der Waals surface area contributed by atoms with Gasteiger partial charge in [-0.05, 0) is 38.3 Å². The third-order valence-corrected chi connectivity index (χ3v) is 2.83. The van der Waals surface area contributed by atoms with Crippen LogP contribution in [-0.4, -0.2) is 23.5 Å². The van der Waals surface area contributed by atoms with Gasteiger partial charge in [0, 0.05) is 18.6 Å². The van der Waals surface area contributed by atoms with Crippen molar-refractivity contribution in [3.8, 4) is 0 Å². The first kappa shape index (κ1) is 8.06. The molecule has 1 aliphatic heterocycles. The summed E-state index contributed by atoms with van der Waals surface area (Å²) in [5.74, 6) is 0. The van der Waals surface area contributed by atoms with Crippen LogP contribution in [0.15, 0.2) is 23.3 Å². The van der Waals surface area contributed by atoms with E-state index in [4.69, 9.17) is 0 Å². The second kappa shape index (κ2) is 2.46. The van der Waals surface area contributed by atoms with Gasteiger partial charge in [0.1, 0.15) is 0 Å². The van der Waals surface area contributed by atoms with E-state index in [1.807, 2.05) is 0 Å². The van der Waals surface area contributed by atoms with E-state index in [1.165, 1.54) is 13.0 Å². The molecule has 12 heavy (non-hydrogen) atoms. The second-order valence-corrected chi connectivity index (χ2v) is 4.76. The first-order valence-electron chi connectivity index (χ1n) is 4.70. The zero-order valence-corrected chi connectivity index (χ0v) is 8.22. The largest absolute Gasteiger partial charge is 0.290 e. The van der Waals surface area contributed by atoms with Crippen molar-refractivity contribution in [1.29, 1.82) is 0 Å². The van der Waals surface area contributed by atoms with Gasteiger partial charge in [-0.25, -0.2) is 0 Å². The summed E-state index contributed by atoms with van der Waals surface area (Å²) >= 11 is 0. The summed E-state index contributed by atoms with van der Waals surface area (Å²) in [6, 6.07) is 0. The minimum absolute atomic E-state index is 0.332. The Bertz CT molecular complexity index is 253. The van der Waals surface area contributed by atoms with Crippen LogP contribution in [0, 0.1) is 0 Å². The topological polar surface area (TPSA) is 3.24 Å². The van der Waals surface area contributed by atoms with E-state index in [1.54, 1.807) is 11.1 Å². The zero-order valence-electron chi connectivity index (χ0n) is 8.22. The molecule has 66 valence electrons. The maximum atomic E-state index is 2.54. The molecule has 0 saturated heterocycles. The highest BCUT2D eigenvalue weighted by Crippen LogP contribution is 2.30. The molecule has 1 aliphatic carbocycles. The minimum Gasteiger partial charge on any atom is -0.290 e. The van der Waals surface area contributed by atoms with Crippen LogP contribution in [0.2, 0.25) is 0 Å². The molecule has 0 aromatic rings. The van der Waals surface area contributed by atoms with Crippen LogP contribution in [0.4, 0.5) is 0 Å². The molecule has 0 unspecified atom stereocenters. The smallest absolute Gasteiger partial charge is 0.0242 e. The second-order valence-electron chi connectivity index (χ2n) is 4.76. The van der Waals surface area contributed by atoms with E-state index in [0.717, 1.165) is 6.54 Å². The van der Waals surface area contributed by atoms with Crippen LogP contribution in [-0.2, 0) is 0 Å². The molecule has 0 fully saturated rings. The van der Waals surface area contributed by atoms with E-state index in [-0.39, 0.29) is 0 Å². The fourth-order valence-corrected chi connectivity index (χ4v) is 1.89. The molecular formula is C11H17N. The lowest BCUT2D eigenvalue weighted by molar-refractivity contribution is 0.179. The fraction of sp³-hybridized carbons (Fsp3) is 0.636. The van der Waals surface area contributed by atoms with Crippen LogP contribution >= 0.6 is 0 Å². The first-order chi connectivity index (χ1) is 5.57. The molecule has 2 rings (SSSR count). The van der Waals surface area contributed by atoms with Gasteiger partial charge in [0.25, 0.3) is 0 Å². The number of nitrogens with zero attached hydrogens (tertiary/aromatic N) is 1. The van der Waals surface area contributed by atoms with Crippen molar-refractivity contribution in [3.05, 3.63) is 23.3 Å². The molecule has 1 heterocycles. The summed E-state index contributed by atoms with van der Waals surface area (Å²) in [5.41, 5.74) is 3.55. The van der Waals surface area contributed by atoms with Crippen molar-refractivity contribution in [2.75, 3.05) is 13.1 Å². The molecule has 0 bridgehead atoms. The molecule has 0 aromatic carbocycles. The SMILES string of the molecule is CC(C)(C)N1CC2=C(CC=C2)C1. The monoisotopic (exact) mass is 163 g/mol. The number of allylic oxidation sites excluding steroid dienone is 1. The van der Waals surface area contributed by atoms with Gasteiger partial charge in [-0.15, -0.1) is 0 Å². The molecule has 0 aromatic heterocycles. The predicted octanol–water partition coefficient (Wildman–Crippen LogP) is 2.36. The molecule has 0 spiro atoms. The highest BCUT2D eigenvalue weighted by Gasteiger charge is 2.29. The Labute approximate surface area is 74.8 Å². The Kier molecular flexibility index (Phi) is 1.65. The maximum absolute atomic E-state index is 2.54. The molecule has 2 aliphatic rings. The molecule has 0 amide bonds. The van der Waals surface area contributed by atoms with Crippen molar-refractivity contribution in [2.45, 2.75) is 32.7 Å². The summed E-state index contributed by atoms with van der Waals surface area (Å²) in [5, 5.41) is 0. The molecule has 0 N–H and O–H groups in total. The van der Waals surface area contributed by atoms with Crippen LogP contribution in [0.1, 0.15) is 27.2 Å². The number of hydrogen-bond acceptors (Lipinski definition) is 1. The predicted molar refractivity (Wildman–Crippen MR) is 52.1 cm³/mol. The lowest BCUT2D eigenvalue weighted by Crippen LogP contribution is -2.40. The van der Waals surface area contributed by atoms with Crippen molar-refractivity contribution in [3.63, 3.8) is 0 Å². The van der Waals surface area contributed by atoms with Gasteiger partial charge in [0.2, 0.25) is 0 Å². The lowest BCUT2D eigenvalue weighted by atomic mass is 10.1. The Morgan fingerprint density at radius 2 is 2.00 bits per heavy atom. The van der Waals surface area contributed by atoms with Crippen LogP contribution in [0.3, 0.4) is 0 Å². The van der Waals surface area contributed by atoms with Crippen molar-refractivity contribution in [2.24, 2.45) is 0 Å². The zero-order chi connectivity index (χ0) is 8.77. The van der Waals surface area contributed by atoms with E-state index >= 15 is 0 Å². The summed E-state index contributed by atoms with van der Waals surface area (Å²) in [6.07, 6.45) is 5.77. The van der Waals surface area contributed by atoms with Crippen molar-refractivity contribution >= 4 is 0 Å². The minimum atomic E-state index is 0.332. The van der Waals surface area contributed by atoms with E-state index in [2.05, 4.69) is 37.8 Å². The molecule has 1 heteroatoms. The van der Waals surface area contributed by atoms with Crippen LogP contribution < -0.4 is 0 Å². The van der Waals surface area contributed by atoms with Crippen LogP contribution in [0.5, 0.6) is 0 Å². The van der Waals surface area contributed by atoms with Gasteiger partial charge in [0.15, 0.2) is 0 Å². The molecule has 0 radical (unpaired) electrons. The van der Waals surface area contributed by atoms with Gasteiger partial charge in [-0.3, -0.25) is 4.90 Å². The van der Waals surface area contributed by atoms with E-state index in [0.29, 0.717) is 5.54 Å². The highest BCUT2D eigenvalue weighted by molar-refractivity contribution is 5.39. The maximum Gasteiger partial charge on any atom is 0.0242 e. The summed E-state index contributed by atoms with van der Waals surface area (Å²) in [4.78, 5) is 2.54. The van der Waals surface area contributed by atoms with E-state index < -0.39 is 0 Å². The lowest BCUT2D eigenvalue weighted by Gasteiger charge is -2.32. The molecular weight excluding hydrogens is 146 g/mol. The standard InChI is InChI=1S/C11H17N/c1-11(2,3)12-7-9-5-4-6-10(9)8-12/h4-5H,6-8H2,1-3H3. The molecule has 0 atom stereocenters. The average molecular weight is 163 g/mol. The van der Waals surface area contributed by atoms with Crippen molar-refractivity contribution in [1.82, 2.24) is 4.90 Å². The fourth-order valence-electron chi connectivity index (χ4n) is 1.89.